The summed E-state index contributed by atoms with van der Waals surface area (Å²) in [5, 5.41) is 2.76. The number of primary amides is 1. The topological polar surface area (TPSA) is 90.7 Å². The molecule has 27 heavy (non-hydrogen) atoms. The third-order valence-corrected chi connectivity index (χ3v) is 3.61. The van der Waals surface area contributed by atoms with E-state index in [1.54, 1.807) is 36.4 Å². The van der Waals surface area contributed by atoms with E-state index in [2.05, 4.69) is 5.32 Å². The van der Waals surface area contributed by atoms with Crippen LogP contribution in [0.4, 0.5) is 4.39 Å². The molecule has 2 aromatic carbocycles. The first-order valence-corrected chi connectivity index (χ1v) is 8.27. The highest BCUT2D eigenvalue weighted by molar-refractivity contribution is 5.91. The number of ether oxygens (including phenoxy) is 2. The molecule has 2 rings (SSSR count). The van der Waals surface area contributed by atoms with Crippen molar-refractivity contribution in [1.29, 1.82) is 0 Å². The lowest BCUT2D eigenvalue weighted by Crippen LogP contribution is -2.23. The molecule has 142 valence electrons. The van der Waals surface area contributed by atoms with Crippen LogP contribution in [-0.2, 0) is 16.0 Å². The zero-order valence-corrected chi connectivity index (χ0v) is 14.9. The van der Waals surface area contributed by atoms with Gasteiger partial charge < -0.3 is 20.5 Å². The lowest BCUT2D eigenvalue weighted by atomic mass is 10.1. The van der Waals surface area contributed by atoms with Crippen LogP contribution in [0.5, 0.6) is 11.5 Å². The number of hydrogen-bond donors (Lipinski definition) is 2. The van der Waals surface area contributed by atoms with Gasteiger partial charge in [0, 0.05) is 12.6 Å². The normalized spacial score (nSPS) is 10.6. The number of halogens is 1. The second-order valence-corrected chi connectivity index (χ2v) is 5.67. The quantitative estimate of drug-likeness (QED) is 0.660. The van der Waals surface area contributed by atoms with Gasteiger partial charge in [0.1, 0.15) is 5.82 Å². The van der Waals surface area contributed by atoms with E-state index in [0.29, 0.717) is 24.5 Å². The molecule has 0 radical (unpaired) electrons. The van der Waals surface area contributed by atoms with Gasteiger partial charge in [-0.05, 0) is 47.9 Å². The molecule has 0 saturated carbocycles. The highest BCUT2D eigenvalue weighted by Crippen LogP contribution is 2.28. The highest BCUT2D eigenvalue weighted by Gasteiger charge is 2.06. The summed E-state index contributed by atoms with van der Waals surface area (Å²) in [6, 6.07) is 11.2. The van der Waals surface area contributed by atoms with Crippen LogP contribution in [0.15, 0.2) is 48.5 Å². The van der Waals surface area contributed by atoms with Crippen molar-refractivity contribution in [2.75, 3.05) is 20.3 Å². The summed E-state index contributed by atoms with van der Waals surface area (Å²) < 4.78 is 23.3. The summed E-state index contributed by atoms with van der Waals surface area (Å²) in [4.78, 5) is 22.7. The Balaban J connectivity index is 1.87. The second kappa shape index (κ2) is 9.96. The maximum absolute atomic E-state index is 12.8. The molecule has 6 nitrogen and oxygen atoms in total. The van der Waals surface area contributed by atoms with E-state index in [4.69, 9.17) is 15.2 Å². The monoisotopic (exact) mass is 372 g/mol. The summed E-state index contributed by atoms with van der Waals surface area (Å²) in [6.45, 7) is 0.194. The Hall–Kier alpha value is -3.35. The van der Waals surface area contributed by atoms with Crippen LogP contribution in [0.1, 0.15) is 11.1 Å². The van der Waals surface area contributed by atoms with Crippen molar-refractivity contribution in [3.8, 4) is 11.5 Å². The molecule has 0 saturated heterocycles. The van der Waals surface area contributed by atoms with Crippen LogP contribution in [0.25, 0.3) is 6.08 Å². The molecule has 0 bridgehead atoms. The van der Waals surface area contributed by atoms with Crippen molar-refractivity contribution in [3.05, 3.63) is 65.5 Å². The summed E-state index contributed by atoms with van der Waals surface area (Å²) >= 11 is 0. The number of carbonyl (C=O) groups is 2. The van der Waals surface area contributed by atoms with Gasteiger partial charge in [-0.1, -0.05) is 18.2 Å². The number of benzene rings is 2. The van der Waals surface area contributed by atoms with E-state index in [0.717, 1.165) is 11.1 Å². The van der Waals surface area contributed by atoms with Crippen molar-refractivity contribution < 1.29 is 23.5 Å². The molecular weight excluding hydrogens is 351 g/mol. The first kappa shape index (κ1) is 20.0. The average molecular weight is 372 g/mol. The molecule has 0 aliphatic rings. The summed E-state index contributed by atoms with van der Waals surface area (Å²) in [6.07, 6.45) is 3.65. The maximum atomic E-state index is 12.8. The van der Waals surface area contributed by atoms with E-state index in [9.17, 15) is 14.0 Å². The van der Waals surface area contributed by atoms with E-state index in [-0.39, 0.29) is 18.3 Å². The van der Waals surface area contributed by atoms with Crippen LogP contribution < -0.4 is 20.5 Å². The van der Waals surface area contributed by atoms with Crippen molar-refractivity contribution >= 4 is 17.9 Å². The standard InChI is InChI=1S/C20H21FN2O4/c1-26-18-12-15(4-8-17(18)27-13-19(22)24)5-9-20(25)23-11-10-14-2-6-16(21)7-3-14/h2-9,12H,10-11,13H2,1H3,(H2,22,24)(H,23,25)/b9-5+. The van der Waals surface area contributed by atoms with Gasteiger partial charge >= 0.3 is 0 Å². The highest BCUT2D eigenvalue weighted by atomic mass is 19.1. The number of nitrogens with two attached hydrogens (primary N) is 1. The second-order valence-electron chi connectivity index (χ2n) is 5.67. The van der Waals surface area contributed by atoms with E-state index < -0.39 is 5.91 Å². The predicted octanol–water partition coefficient (Wildman–Crippen LogP) is 2.07. The Morgan fingerprint density at radius 2 is 1.89 bits per heavy atom. The van der Waals surface area contributed by atoms with Crippen molar-refractivity contribution in [3.63, 3.8) is 0 Å². The number of rotatable bonds is 9. The molecule has 2 aromatic rings. The molecule has 3 N–H and O–H groups in total. The Morgan fingerprint density at radius 1 is 1.15 bits per heavy atom. The first-order valence-electron chi connectivity index (χ1n) is 8.27. The largest absolute Gasteiger partial charge is 0.493 e. The Kier molecular flexibility index (Phi) is 7.37. The van der Waals surface area contributed by atoms with Crippen LogP contribution in [-0.4, -0.2) is 32.1 Å². The molecule has 0 atom stereocenters. The van der Waals surface area contributed by atoms with Gasteiger partial charge in [-0.2, -0.15) is 0 Å². The minimum absolute atomic E-state index is 0.245. The molecule has 0 spiro atoms. The fourth-order valence-corrected chi connectivity index (χ4v) is 2.27. The van der Waals surface area contributed by atoms with Crippen molar-refractivity contribution in [2.24, 2.45) is 5.73 Å². The summed E-state index contributed by atoms with van der Waals surface area (Å²) in [5.41, 5.74) is 6.72. The number of hydrogen-bond acceptors (Lipinski definition) is 4. The molecule has 0 unspecified atom stereocenters. The van der Waals surface area contributed by atoms with E-state index in [1.165, 1.54) is 25.3 Å². The Labute approximate surface area is 156 Å². The summed E-state index contributed by atoms with van der Waals surface area (Å²) in [5.74, 6) is -0.303. The lowest BCUT2D eigenvalue weighted by Gasteiger charge is -2.10. The van der Waals surface area contributed by atoms with Gasteiger partial charge in [-0.15, -0.1) is 0 Å². The van der Waals surface area contributed by atoms with Crippen LogP contribution in [0.2, 0.25) is 0 Å². The fraction of sp³-hybridized carbons (Fsp3) is 0.200. The summed E-state index contributed by atoms with van der Waals surface area (Å²) in [7, 11) is 1.47. The van der Waals surface area contributed by atoms with Gasteiger partial charge in [0.05, 0.1) is 7.11 Å². The fourth-order valence-electron chi connectivity index (χ4n) is 2.27. The molecule has 0 fully saturated rings. The third-order valence-electron chi connectivity index (χ3n) is 3.61. The zero-order chi connectivity index (χ0) is 19.6. The van der Waals surface area contributed by atoms with Gasteiger partial charge in [0.15, 0.2) is 18.1 Å². The zero-order valence-electron chi connectivity index (χ0n) is 14.9. The number of carbonyl (C=O) groups excluding carboxylic acids is 2. The van der Waals surface area contributed by atoms with Crippen LogP contribution in [0, 0.1) is 5.82 Å². The molecule has 2 amide bonds. The number of methoxy groups -OCH3 is 1. The molecule has 0 aromatic heterocycles. The average Bonchev–Trinajstić information content (AvgIpc) is 2.66. The molecule has 0 heterocycles. The molecular formula is C20H21FN2O4. The van der Waals surface area contributed by atoms with Crippen molar-refractivity contribution in [2.45, 2.75) is 6.42 Å². The van der Waals surface area contributed by atoms with E-state index in [1.807, 2.05) is 0 Å². The van der Waals surface area contributed by atoms with Gasteiger partial charge in [0.25, 0.3) is 5.91 Å². The predicted molar refractivity (Wildman–Crippen MR) is 99.8 cm³/mol. The maximum Gasteiger partial charge on any atom is 0.255 e. The first-order chi connectivity index (χ1) is 13.0. The Bertz CT molecular complexity index is 819. The van der Waals surface area contributed by atoms with Gasteiger partial charge in [0.2, 0.25) is 5.91 Å². The minimum Gasteiger partial charge on any atom is -0.493 e. The third kappa shape index (κ3) is 6.81. The lowest BCUT2D eigenvalue weighted by molar-refractivity contribution is -0.120. The molecule has 0 aliphatic carbocycles. The van der Waals surface area contributed by atoms with Crippen molar-refractivity contribution in [1.82, 2.24) is 5.32 Å². The minimum atomic E-state index is -0.585. The number of amides is 2. The number of nitrogens with one attached hydrogen (secondary N) is 1. The van der Waals surface area contributed by atoms with E-state index >= 15 is 0 Å². The van der Waals surface area contributed by atoms with Gasteiger partial charge in [-0.3, -0.25) is 9.59 Å². The Morgan fingerprint density at radius 3 is 2.56 bits per heavy atom. The molecule has 7 heteroatoms. The van der Waals surface area contributed by atoms with Crippen LogP contribution in [0.3, 0.4) is 0 Å². The molecule has 0 aliphatic heterocycles. The smallest absolute Gasteiger partial charge is 0.255 e. The van der Waals surface area contributed by atoms with Gasteiger partial charge in [-0.25, -0.2) is 4.39 Å². The SMILES string of the molecule is COc1cc(/C=C/C(=O)NCCc2ccc(F)cc2)ccc1OCC(N)=O. The van der Waals surface area contributed by atoms with Crippen LogP contribution >= 0.6 is 0 Å².